The number of likely N-dealkylation sites (tertiary alicyclic amines) is 1. The standard InChI is InChI=1S/C29H33ClN6O4/c1-19(37)22-15-31-28(32-16-22)20-2-5-24(6-3-20)35-10-12-36(13-11-35)27(39)18-34-9-8-21(17-34)29(40)33-23-4-7-26(38)25(30)14-23/h2-7,14-16,19,21,37-38H,8-13,17-18H2,1H3,(H,33,40)/t19?,21-/m1/s1. The number of hydrogen-bond acceptors (Lipinski definition) is 8. The lowest BCUT2D eigenvalue weighted by Crippen LogP contribution is -2.51. The molecule has 2 amide bonds. The van der Waals surface area contributed by atoms with Crippen LogP contribution in [0, 0.1) is 5.92 Å². The van der Waals surface area contributed by atoms with Gasteiger partial charge >= 0.3 is 0 Å². The molecule has 2 fully saturated rings. The normalized spacial score (nSPS) is 18.5. The Bertz CT molecular complexity index is 1340. The number of amides is 2. The molecule has 11 heteroatoms. The van der Waals surface area contributed by atoms with Crippen molar-refractivity contribution >= 4 is 34.8 Å². The number of carbonyl (C=O) groups excluding carboxylic acids is 2. The Morgan fingerprint density at radius 2 is 1.75 bits per heavy atom. The largest absolute Gasteiger partial charge is 0.506 e. The second-order valence-electron chi connectivity index (χ2n) is 10.3. The van der Waals surface area contributed by atoms with E-state index in [-0.39, 0.29) is 28.5 Å². The second kappa shape index (κ2) is 12.2. The van der Waals surface area contributed by atoms with E-state index in [4.69, 9.17) is 11.6 Å². The third-order valence-corrected chi connectivity index (χ3v) is 7.80. The van der Waals surface area contributed by atoms with Gasteiger partial charge in [0.15, 0.2) is 5.82 Å². The van der Waals surface area contributed by atoms with E-state index in [0.29, 0.717) is 56.2 Å². The molecule has 10 nitrogen and oxygen atoms in total. The summed E-state index contributed by atoms with van der Waals surface area (Å²) in [5.74, 6) is 0.341. The molecule has 3 N–H and O–H groups in total. The van der Waals surface area contributed by atoms with Crippen LogP contribution in [0.5, 0.6) is 5.75 Å². The van der Waals surface area contributed by atoms with Crippen molar-refractivity contribution in [2.75, 3.05) is 56.0 Å². The Kier molecular flexibility index (Phi) is 8.49. The predicted octanol–water partition coefficient (Wildman–Crippen LogP) is 3.17. The van der Waals surface area contributed by atoms with Crippen LogP contribution in [-0.2, 0) is 9.59 Å². The lowest BCUT2D eigenvalue weighted by molar-refractivity contribution is -0.132. The number of nitrogens with one attached hydrogen (secondary N) is 1. The first-order valence-electron chi connectivity index (χ1n) is 13.4. The number of benzene rings is 2. The van der Waals surface area contributed by atoms with Gasteiger partial charge in [-0.3, -0.25) is 14.5 Å². The fraction of sp³-hybridized carbons (Fsp3) is 0.379. The Labute approximate surface area is 238 Å². The molecule has 1 aromatic heterocycles. The highest BCUT2D eigenvalue weighted by atomic mass is 35.5. The van der Waals surface area contributed by atoms with E-state index in [2.05, 4.69) is 20.2 Å². The third kappa shape index (κ3) is 6.52. The van der Waals surface area contributed by atoms with Crippen molar-refractivity contribution in [3.05, 3.63) is 65.4 Å². The number of carbonyl (C=O) groups is 2. The van der Waals surface area contributed by atoms with E-state index >= 15 is 0 Å². The summed E-state index contributed by atoms with van der Waals surface area (Å²) in [7, 11) is 0. The minimum atomic E-state index is -0.598. The Balaban J connectivity index is 1.07. The maximum Gasteiger partial charge on any atom is 0.236 e. The summed E-state index contributed by atoms with van der Waals surface area (Å²) in [4.78, 5) is 40.6. The second-order valence-corrected chi connectivity index (χ2v) is 10.7. The van der Waals surface area contributed by atoms with Crippen LogP contribution in [0.2, 0.25) is 5.02 Å². The number of aromatic nitrogens is 2. The minimum Gasteiger partial charge on any atom is -0.506 e. The van der Waals surface area contributed by atoms with Crippen molar-refractivity contribution in [3.8, 4) is 17.1 Å². The first-order valence-corrected chi connectivity index (χ1v) is 13.8. The van der Waals surface area contributed by atoms with Gasteiger partial charge in [-0.2, -0.15) is 0 Å². The summed E-state index contributed by atoms with van der Waals surface area (Å²) in [5, 5.41) is 22.2. The number of anilines is 2. The number of phenols is 1. The SMILES string of the molecule is CC(O)c1cnc(-c2ccc(N3CCN(C(=O)CN4CC[C@@H](C(=O)Nc5ccc(O)c(Cl)c5)C4)CC3)cc2)nc1. The average Bonchev–Trinajstić information content (AvgIpc) is 3.44. The van der Waals surface area contributed by atoms with Crippen molar-refractivity contribution in [1.29, 1.82) is 0 Å². The number of halogens is 1. The lowest BCUT2D eigenvalue weighted by Gasteiger charge is -2.36. The number of phenolic OH excluding ortho intramolecular Hbond substituents is 1. The maximum atomic E-state index is 13.0. The summed E-state index contributed by atoms with van der Waals surface area (Å²) in [6.07, 6.45) is 3.37. The van der Waals surface area contributed by atoms with E-state index < -0.39 is 6.10 Å². The zero-order valence-electron chi connectivity index (χ0n) is 22.3. The molecule has 1 unspecified atom stereocenters. The van der Waals surface area contributed by atoms with Gasteiger partial charge < -0.3 is 25.3 Å². The number of aliphatic hydroxyl groups is 1. The molecule has 2 aliphatic heterocycles. The topological polar surface area (TPSA) is 122 Å². The number of nitrogens with zero attached hydrogens (tertiary/aromatic N) is 5. The maximum absolute atomic E-state index is 13.0. The monoisotopic (exact) mass is 564 g/mol. The quantitative estimate of drug-likeness (QED) is 0.374. The molecule has 210 valence electrons. The molecule has 0 spiro atoms. The van der Waals surface area contributed by atoms with Gasteiger partial charge in [-0.05, 0) is 62.4 Å². The molecule has 40 heavy (non-hydrogen) atoms. The molecule has 2 saturated heterocycles. The zero-order chi connectivity index (χ0) is 28.2. The van der Waals surface area contributed by atoms with Crippen LogP contribution in [0.15, 0.2) is 54.9 Å². The highest BCUT2D eigenvalue weighted by Gasteiger charge is 2.31. The predicted molar refractivity (Wildman–Crippen MR) is 153 cm³/mol. The minimum absolute atomic E-state index is 0.0321. The highest BCUT2D eigenvalue weighted by molar-refractivity contribution is 6.32. The molecule has 0 saturated carbocycles. The van der Waals surface area contributed by atoms with Gasteiger partial charge in [0, 0.05) is 67.6 Å². The first kappa shape index (κ1) is 27.8. The van der Waals surface area contributed by atoms with Crippen molar-refractivity contribution in [2.45, 2.75) is 19.4 Å². The van der Waals surface area contributed by atoms with Crippen LogP contribution in [0.3, 0.4) is 0 Å². The number of aliphatic hydroxyl groups excluding tert-OH is 1. The first-order chi connectivity index (χ1) is 19.3. The van der Waals surface area contributed by atoms with Gasteiger partial charge in [0.25, 0.3) is 0 Å². The Hall–Kier alpha value is -3.73. The molecular formula is C29H33ClN6O4. The van der Waals surface area contributed by atoms with Crippen molar-refractivity contribution in [1.82, 2.24) is 19.8 Å². The molecule has 0 bridgehead atoms. The lowest BCUT2D eigenvalue weighted by atomic mass is 10.1. The molecule has 5 rings (SSSR count). The summed E-state index contributed by atoms with van der Waals surface area (Å²) < 4.78 is 0. The van der Waals surface area contributed by atoms with Gasteiger partial charge in [0.2, 0.25) is 11.8 Å². The summed E-state index contributed by atoms with van der Waals surface area (Å²) in [6, 6.07) is 12.6. The highest BCUT2D eigenvalue weighted by Crippen LogP contribution is 2.27. The summed E-state index contributed by atoms with van der Waals surface area (Å²) >= 11 is 5.93. The Morgan fingerprint density at radius 3 is 2.40 bits per heavy atom. The van der Waals surface area contributed by atoms with Crippen LogP contribution in [-0.4, -0.2) is 87.6 Å². The fourth-order valence-corrected chi connectivity index (χ4v) is 5.23. The molecule has 3 aromatic rings. The van der Waals surface area contributed by atoms with E-state index in [1.807, 2.05) is 34.1 Å². The van der Waals surface area contributed by atoms with E-state index in [0.717, 1.165) is 24.3 Å². The van der Waals surface area contributed by atoms with E-state index in [1.165, 1.54) is 12.1 Å². The molecular weight excluding hydrogens is 532 g/mol. The number of hydrogen-bond donors (Lipinski definition) is 3. The van der Waals surface area contributed by atoms with Gasteiger partial charge in [0.1, 0.15) is 5.75 Å². The molecule has 0 radical (unpaired) electrons. The van der Waals surface area contributed by atoms with Crippen LogP contribution < -0.4 is 10.2 Å². The van der Waals surface area contributed by atoms with Gasteiger partial charge in [-0.1, -0.05) is 11.6 Å². The van der Waals surface area contributed by atoms with Crippen molar-refractivity contribution in [2.24, 2.45) is 5.92 Å². The molecule has 0 aliphatic carbocycles. The van der Waals surface area contributed by atoms with Crippen LogP contribution in [0.4, 0.5) is 11.4 Å². The van der Waals surface area contributed by atoms with Crippen molar-refractivity contribution < 1.29 is 19.8 Å². The summed E-state index contributed by atoms with van der Waals surface area (Å²) in [5.41, 5.74) is 3.20. The zero-order valence-corrected chi connectivity index (χ0v) is 23.1. The van der Waals surface area contributed by atoms with Crippen molar-refractivity contribution in [3.63, 3.8) is 0 Å². The third-order valence-electron chi connectivity index (χ3n) is 7.49. The fourth-order valence-electron chi connectivity index (χ4n) is 5.05. The summed E-state index contributed by atoms with van der Waals surface area (Å²) in [6.45, 7) is 5.97. The smallest absolute Gasteiger partial charge is 0.236 e. The van der Waals surface area contributed by atoms with Gasteiger partial charge in [0.05, 0.1) is 23.6 Å². The van der Waals surface area contributed by atoms with Gasteiger partial charge in [-0.15, -0.1) is 0 Å². The van der Waals surface area contributed by atoms with E-state index in [1.54, 1.807) is 25.4 Å². The van der Waals surface area contributed by atoms with Crippen LogP contribution in [0.25, 0.3) is 11.4 Å². The molecule has 2 aliphatic rings. The molecule has 2 aromatic carbocycles. The van der Waals surface area contributed by atoms with Crippen LogP contribution in [0.1, 0.15) is 25.0 Å². The van der Waals surface area contributed by atoms with Crippen LogP contribution >= 0.6 is 11.6 Å². The number of rotatable bonds is 7. The van der Waals surface area contributed by atoms with Gasteiger partial charge in [-0.25, -0.2) is 9.97 Å². The molecule has 2 atom stereocenters. The van der Waals surface area contributed by atoms with E-state index in [9.17, 15) is 19.8 Å². The molecule has 3 heterocycles. The Morgan fingerprint density at radius 1 is 1.05 bits per heavy atom. The number of piperazine rings is 1. The average molecular weight is 565 g/mol. The number of aromatic hydroxyl groups is 1.